The van der Waals surface area contributed by atoms with E-state index in [0.29, 0.717) is 27.8 Å². The van der Waals surface area contributed by atoms with Crippen LogP contribution in [-0.4, -0.2) is 31.0 Å². The van der Waals surface area contributed by atoms with E-state index in [2.05, 4.69) is 4.98 Å². The van der Waals surface area contributed by atoms with Gasteiger partial charge in [-0.3, -0.25) is 9.59 Å². The molecule has 0 aliphatic heterocycles. The molecule has 0 aliphatic carbocycles. The summed E-state index contributed by atoms with van der Waals surface area (Å²) in [5, 5.41) is 2.10. The molecule has 6 nitrogen and oxygen atoms in total. The van der Waals surface area contributed by atoms with Gasteiger partial charge in [-0.15, -0.1) is 11.3 Å². The molecule has 7 heteroatoms. The first-order valence-corrected chi connectivity index (χ1v) is 9.00. The fourth-order valence-corrected chi connectivity index (χ4v) is 3.28. The molecule has 0 saturated heterocycles. The average molecular weight is 382 g/mol. The van der Waals surface area contributed by atoms with E-state index in [1.54, 1.807) is 53.9 Å². The standard InChI is InChI=1S/C20H18N2O4S/c1-13-12-27-20(21-13)22(18(23)14-6-4-8-16(10-14)25-2)19(24)15-7-5-9-17(11-15)26-3/h4-12H,1-3H3. The minimum atomic E-state index is -0.476. The van der Waals surface area contributed by atoms with Gasteiger partial charge in [-0.2, -0.15) is 0 Å². The molecule has 0 fully saturated rings. The van der Waals surface area contributed by atoms with E-state index in [-0.39, 0.29) is 0 Å². The van der Waals surface area contributed by atoms with E-state index in [1.807, 2.05) is 6.92 Å². The molecule has 3 rings (SSSR count). The van der Waals surface area contributed by atoms with Crippen LogP contribution in [0.25, 0.3) is 0 Å². The van der Waals surface area contributed by atoms with Crippen molar-refractivity contribution in [1.82, 2.24) is 4.98 Å². The van der Waals surface area contributed by atoms with Crippen molar-refractivity contribution in [2.75, 3.05) is 19.1 Å². The maximum atomic E-state index is 13.2. The van der Waals surface area contributed by atoms with Crippen LogP contribution in [0.2, 0.25) is 0 Å². The summed E-state index contributed by atoms with van der Waals surface area (Å²) < 4.78 is 10.4. The number of hydrogen-bond acceptors (Lipinski definition) is 6. The first-order valence-electron chi connectivity index (χ1n) is 8.12. The number of thiazole rings is 1. The number of aryl methyl sites for hydroxylation is 1. The predicted molar refractivity (Wildman–Crippen MR) is 104 cm³/mol. The van der Waals surface area contributed by atoms with Gasteiger partial charge in [0.2, 0.25) is 0 Å². The normalized spacial score (nSPS) is 10.3. The third kappa shape index (κ3) is 3.98. The zero-order chi connectivity index (χ0) is 19.4. The Morgan fingerprint density at radius 1 is 0.926 bits per heavy atom. The topological polar surface area (TPSA) is 68.7 Å². The third-order valence-corrected chi connectivity index (χ3v) is 4.78. The summed E-state index contributed by atoms with van der Waals surface area (Å²) in [7, 11) is 3.04. The fraction of sp³-hybridized carbons (Fsp3) is 0.150. The van der Waals surface area contributed by atoms with Crippen molar-refractivity contribution in [3.05, 3.63) is 70.7 Å². The predicted octanol–water partition coefficient (Wildman–Crippen LogP) is 3.96. The summed E-state index contributed by atoms with van der Waals surface area (Å²) in [6, 6.07) is 13.3. The van der Waals surface area contributed by atoms with Crippen LogP contribution in [0, 0.1) is 6.92 Å². The summed E-state index contributed by atoms with van der Waals surface area (Å²) >= 11 is 1.23. The molecule has 2 aromatic carbocycles. The number of carbonyl (C=O) groups excluding carboxylic acids is 2. The van der Waals surface area contributed by atoms with E-state index >= 15 is 0 Å². The highest BCUT2D eigenvalue weighted by atomic mass is 32.1. The Morgan fingerprint density at radius 3 is 1.85 bits per heavy atom. The second-order valence-electron chi connectivity index (χ2n) is 5.68. The molecule has 3 aromatic rings. The van der Waals surface area contributed by atoms with Crippen LogP contribution in [0.15, 0.2) is 53.9 Å². The van der Waals surface area contributed by atoms with E-state index in [0.717, 1.165) is 10.6 Å². The van der Waals surface area contributed by atoms with Crippen molar-refractivity contribution >= 4 is 28.3 Å². The molecule has 0 N–H and O–H groups in total. The molecule has 27 heavy (non-hydrogen) atoms. The van der Waals surface area contributed by atoms with E-state index in [9.17, 15) is 9.59 Å². The lowest BCUT2D eigenvalue weighted by atomic mass is 10.1. The number of methoxy groups -OCH3 is 2. The van der Waals surface area contributed by atoms with E-state index in [1.165, 1.54) is 25.6 Å². The lowest BCUT2D eigenvalue weighted by Crippen LogP contribution is -2.37. The molecule has 0 radical (unpaired) electrons. The number of carbonyl (C=O) groups is 2. The summed E-state index contributed by atoms with van der Waals surface area (Å²) in [5.41, 5.74) is 1.40. The van der Waals surface area contributed by atoms with Crippen LogP contribution < -0.4 is 14.4 Å². The molecule has 0 bridgehead atoms. The number of rotatable bonds is 5. The van der Waals surface area contributed by atoms with Crippen molar-refractivity contribution in [3.8, 4) is 11.5 Å². The van der Waals surface area contributed by atoms with Gasteiger partial charge in [0.05, 0.1) is 19.9 Å². The van der Waals surface area contributed by atoms with Crippen LogP contribution >= 0.6 is 11.3 Å². The molecule has 0 atom stereocenters. The third-order valence-electron chi connectivity index (χ3n) is 3.84. The van der Waals surface area contributed by atoms with Crippen LogP contribution in [0.5, 0.6) is 11.5 Å². The number of hydrogen-bond donors (Lipinski definition) is 0. The first kappa shape index (κ1) is 18.6. The van der Waals surface area contributed by atoms with Gasteiger partial charge in [0.15, 0.2) is 5.13 Å². The highest BCUT2D eigenvalue weighted by Crippen LogP contribution is 2.26. The largest absolute Gasteiger partial charge is 0.497 e. The zero-order valence-electron chi connectivity index (χ0n) is 15.1. The number of benzene rings is 2. The van der Waals surface area contributed by atoms with Crippen molar-refractivity contribution in [2.45, 2.75) is 6.92 Å². The average Bonchev–Trinajstić information content (AvgIpc) is 3.13. The quantitative estimate of drug-likeness (QED) is 0.625. The van der Waals surface area contributed by atoms with Crippen LogP contribution in [-0.2, 0) is 0 Å². The second-order valence-corrected chi connectivity index (χ2v) is 6.52. The number of imide groups is 1. The first-order chi connectivity index (χ1) is 13.0. The van der Waals surface area contributed by atoms with Gasteiger partial charge in [-0.25, -0.2) is 9.88 Å². The molecular formula is C20H18N2O4S. The molecule has 138 valence electrons. The SMILES string of the molecule is COc1cccc(C(=O)N(C(=O)c2cccc(OC)c2)c2nc(C)cs2)c1. The Hall–Kier alpha value is -3.19. The maximum absolute atomic E-state index is 13.2. The molecule has 1 aromatic heterocycles. The lowest BCUT2D eigenvalue weighted by molar-refractivity contribution is 0.0897. The van der Waals surface area contributed by atoms with Gasteiger partial charge in [0.25, 0.3) is 11.8 Å². The molecule has 2 amide bonds. The highest BCUT2D eigenvalue weighted by molar-refractivity contribution is 7.14. The number of ether oxygens (including phenoxy) is 2. The van der Waals surface area contributed by atoms with Crippen LogP contribution in [0.3, 0.4) is 0 Å². The molecular weight excluding hydrogens is 364 g/mol. The van der Waals surface area contributed by atoms with Crippen LogP contribution in [0.4, 0.5) is 5.13 Å². The van der Waals surface area contributed by atoms with Gasteiger partial charge < -0.3 is 9.47 Å². The summed E-state index contributed by atoms with van der Waals surface area (Å²) in [4.78, 5) is 31.8. The minimum Gasteiger partial charge on any atom is -0.497 e. The highest BCUT2D eigenvalue weighted by Gasteiger charge is 2.28. The monoisotopic (exact) mass is 382 g/mol. The summed E-state index contributed by atoms with van der Waals surface area (Å²) in [6.45, 7) is 1.81. The smallest absolute Gasteiger partial charge is 0.267 e. The molecule has 0 aliphatic rings. The van der Waals surface area contributed by atoms with Gasteiger partial charge in [-0.05, 0) is 43.3 Å². The number of nitrogens with zero attached hydrogens (tertiary/aromatic N) is 2. The summed E-state index contributed by atoms with van der Waals surface area (Å²) in [5.74, 6) is 0.113. The molecule has 0 saturated carbocycles. The second kappa shape index (κ2) is 8.01. The van der Waals surface area contributed by atoms with Gasteiger partial charge >= 0.3 is 0 Å². The van der Waals surface area contributed by atoms with Crippen molar-refractivity contribution < 1.29 is 19.1 Å². The van der Waals surface area contributed by atoms with Crippen molar-refractivity contribution in [1.29, 1.82) is 0 Å². The van der Waals surface area contributed by atoms with E-state index < -0.39 is 11.8 Å². The number of amides is 2. The van der Waals surface area contributed by atoms with E-state index in [4.69, 9.17) is 9.47 Å². The van der Waals surface area contributed by atoms with Gasteiger partial charge in [0, 0.05) is 16.5 Å². The van der Waals surface area contributed by atoms with Gasteiger partial charge in [0.1, 0.15) is 11.5 Å². The Morgan fingerprint density at radius 2 is 1.44 bits per heavy atom. The maximum Gasteiger partial charge on any atom is 0.267 e. The molecule has 0 unspecified atom stereocenters. The lowest BCUT2D eigenvalue weighted by Gasteiger charge is -2.19. The fourth-order valence-electron chi connectivity index (χ4n) is 2.48. The minimum absolute atomic E-state index is 0.313. The van der Waals surface area contributed by atoms with Crippen molar-refractivity contribution in [2.24, 2.45) is 0 Å². The molecule has 1 heterocycles. The Bertz CT molecular complexity index is 924. The Kier molecular flexibility index (Phi) is 5.52. The zero-order valence-corrected chi connectivity index (χ0v) is 15.9. The Balaban J connectivity index is 2.05. The van der Waals surface area contributed by atoms with Crippen molar-refractivity contribution in [3.63, 3.8) is 0 Å². The molecule has 0 spiro atoms. The Labute approximate surface area is 161 Å². The number of anilines is 1. The van der Waals surface area contributed by atoms with Gasteiger partial charge in [-0.1, -0.05) is 12.1 Å². The summed E-state index contributed by atoms with van der Waals surface area (Å²) in [6.07, 6.45) is 0. The van der Waals surface area contributed by atoms with Crippen LogP contribution in [0.1, 0.15) is 26.4 Å². The number of aromatic nitrogens is 1.